The molecular formula is C18H15ClFNO3. The molecule has 0 aliphatic rings. The number of rotatable bonds is 6. The van der Waals surface area contributed by atoms with Crippen LogP contribution in [-0.4, -0.2) is 23.8 Å². The normalized spacial score (nSPS) is 11.2. The van der Waals surface area contributed by atoms with E-state index >= 15 is 0 Å². The third-order valence-electron chi connectivity index (χ3n) is 3.36. The number of carbonyl (C=O) groups is 2. The minimum atomic E-state index is -0.755. The molecule has 1 heterocycles. The molecule has 124 valence electrons. The van der Waals surface area contributed by atoms with Gasteiger partial charge in [-0.1, -0.05) is 17.7 Å². The van der Waals surface area contributed by atoms with Crippen molar-refractivity contribution >= 4 is 29.4 Å². The summed E-state index contributed by atoms with van der Waals surface area (Å²) < 4.78 is 17.8. The van der Waals surface area contributed by atoms with Crippen LogP contribution in [-0.2, 0) is 20.7 Å². The van der Waals surface area contributed by atoms with Gasteiger partial charge in [0.2, 0.25) is 0 Å². The van der Waals surface area contributed by atoms with Crippen LogP contribution in [0.5, 0.6) is 0 Å². The zero-order valence-corrected chi connectivity index (χ0v) is 13.7. The number of ketones is 1. The van der Waals surface area contributed by atoms with Gasteiger partial charge < -0.3 is 4.74 Å². The molecule has 0 radical (unpaired) electrons. The number of benzene rings is 1. The van der Waals surface area contributed by atoms with Crippen molar-refractivity contribution in [3.05, 3.63) is 70.3 Å². The highest BCUT2D eigenvalue weighted by Gasteiger charge is 2.19. The van der Waals surface area contributed by atoms with E-state index in [4.69, 9.17) is 11.6 Å². The molecule has 0 saturated heterocycles. The van der Waals surface area contributed by atoms with E-state index in [-0.39, 0.29) is 22.8 Å². The average Bonchev–Trinajstić information content (AvgIpc) is 2.59. The fourth-order valence-electron chi connectivity index (χ4n) is 2.08. The second-order valence-electron chi connectivity index (χ2n) is 4.99. The number of aryl methyl sites for hydroxylation is 1. The SMILES string of the molecule is COC(=O)/C(=C\c1ccc(F)cc1Cl)C(=O)CCc1ccncc1. The highest BCUT2D eigenvalue weighted by atomic mass is 35.5. The lowest BCUT2D eigenvalue weighted by molar-refractivity contribution is -0.137. The highest BCUT2D eigenvalue weighted by Crippen LogP contribution is 2.21. The molecule has 0 amide bonds. The van der Waals surface area contributed by atoms with Crippen LogP contribution in [0.3, 0.4) is 0 Å². The van der Waals surface area contributed by atoms with Crippen LogP contribution in [0.2, 0.25) is 5.02 Å². The van der Waals surface area contributed by atoms with Crippen molar-refractivity contribution in [1.82, 2.24) is 4.98 Å². The Kier molecular flexibility index (Phi) is 6.21. The first kappa shape index (κ1) is 17.8. The predicted octanol–water partition coefficient (Wildman–Crippen LogP) is 3.63. The molecule has 0 bridgehead atoms. The second kappa shape index (κ2) is 8.36. The number of hydrogen-bond acceptors (Lipinski definition) is 4. The van der Waals surface area contributed by atoms with Crippen LogP contribution in [0.4, 0.5) is 4.39 Å². The van der Waals surface area contributed by atoms with E-state index in [2.05, 4.69) is 9.72 Å². The van der Waals surface area contributed by atoms with E-state index in [1.165, 1.54) is 25.3 Å². The largest absolute Gasteiger partial charge is 0.465 e. The van der Waals surface area contributed by atoms with Gasteiger partial charge in [0.25, 0.3) is 0 Å². The molecule has 2 rings (SSSR count). The molecule has 0 aliphatic heterocycles. The number of hydrogen-bond donors (Lipinski definition) is 0. The molecule has 4 nitrogen and oxygen atoms in total. The van der Waals surface area contributed by atoms with Crippen molar-refractivity contribution in [1.29, 1.82) is 0 Å². The van der Waals surface area contributed by atoms with E-state index in [9.17, 15) is 14.0 Å². The van der Waals surface area contributed by atoms with Gasteiger partial charge in [-0.25, -0.2) is 9.18 Å². The van der Waals surface area contributed by atoms with Gasteiger partial charge in [0.1, 0.15) is 11.4 Å². The summed E-state index contributed by atoms with van der Waals surface area (Å²) in [7, 11) is 1.19. The molecule has 0 aliphatic carbocycles. The van der Waals surface area contributed by atoms with Gasteiger partial charge in [0.05, 0.1) is 12.1 Å². The van der Waals surface area contributed by atoms with Gasteiger partial charge in [-0.2, -0.15) is 0 Å². The van der Waals surface area contributed by atoms with Crippen molar-refractivity contribution in [3.8, 4) is 0 Å². The quantitative estimate of drug-likeness (QED) is 0.346. The maximum Gasteiger partial charge on any atom is 0.341 e. The lowest BCUT2D eigenvalue weighted by Crippen LogP contribution is -2.15. The number of pyridine rings is 1. The smallest absolute Gasteiger partial charge is 0.341 e. The van der Waals surface area contributed by atoms with Crippen molar-refractivity contribution < 1.29 is 18.7 Å². The summed E-state index contributed by atoms with van der Waals surface area (Å²) in [5, 5.41) is 0.110. The summed E-state index contributed by atoms with van der Waals surface area (Å²) in [6, 6.07) is 7.31. The molecule has 0 fully saturated rings. The lowest BCUT2D eigenvalue weighted by Gasteiger charge is -2.06. The predicted molar refractivity (Wildman–Crippen MR) is 89.0 cm³/mol. The highest BCUT2D eigenvalue weighted by molar-refractivity contribution is 6.32. The van der Waals surface area contributed by atoms with Crippen molar-refractivity contribution in [2.45, 2.75) is 12.8 Å². The maximum absolute atomic E-state index is 13.1. The zero-order chi connectivity index (χ0) is 17.5. The summed E-state index contributed by atoms with van der Waals surface area (Å²) >= 11 is 5.94. The Bertz CT molecular complexity index is 775. The van der Waals surface area contributed by atoms with Crippen LogP contribution >= 0.6 is 11.6 Å². The first-order valence-electron chi connectivity index (χ1n) is 7.18. The fourth-order valence-corrected chi connectivity index (χ4v) is 2.30. The average molecular weight is 348 g/mol. The minimum Gasteiger partial charge on any atom is -0.465 e. The van der Waals surface area contributed by atoms with Crippen molar-refractivity contribution in [2.24, 2.45) is 0 Å². The fraction of sp³-hybridized carbons (Fsp3) is 0.167. The summed E-state index contributed by atoms with van der Waals surface area (Å²) in [4.78, 5) is 28.2. The molecule has 0 spiro atoms. The van der Waals surface area contributed by atoms with Gasteiger partial charge >= 0.3 is 5.97 Å². The monoisotopic (exact) mass is 347 g/mol. The summed E-state index contributed by atoms with van der Waals surface area (Å²) in [5.41, 5.74) is 1.18. The number of methoxy groups -OCH3 is 1. The first-order chi connectivity index (χ1) is 11.5. The number of nitrogens with zero attached hydrogens (tertiary/aromatic N) is 1. The van der Waals surface area contributed by atoms with Gasteiger partial charge in [-0.3, -0.25) is 9.78 Å². The Hall–Kier alpha value is -2.53. The topological polar surface area (TPSA) is 56.3 Å². The Labute approximate surface area is 143 Å². The Morgan fingerprint density at radius 3 is 2.58 bits per heavy atom. The number of carbonyl (C=O) groups excluding carboxylic acids is 2. The van der Waals surface area contributed by atoms with E-state index < -0.39 is 11.8 Å². The third-order valence-corrected chi connectivity index (χ3v) is 3.69. The number of ether oxygens (including phenoxy) is 1. The summed E-state index contributed by atoms with van der Waals surface area (Å²) in [6.07, 6.45) is 5.18. The maximum atomic E-state index is 13.1. The van der Waals surface area contributed by atoms with E-state index in [0.29, 0.717) is 12.0 Å². The number of esters is 1. The van der Waals surface area contributed by atoms with Crippen LogP contribution in [0, 0.1) is 5.82 Å². The van der Waals surface area contributed by atoms with Crippen LogP contribution in [0.15, 0.2) is 48.3 Å². The number of Topliss-reactive ketones (excluding diaryl/α,β-unsaturated/α-hetero) is 1. The summed E-state index contributed by atoms with van der Waals surface area (Å²) in [6.45, 7) is 0. The van der Waals surface area contributed by atoms with Gasteiger partial charge in [-0.05, 0) is 47.9 Å². The Morgan fingerprint density at radius 1 is 1.25 bits per heavy atom. The molecular weight excluding hydrogens is 333 g/mol. The van der Waals surface area contributed by atoms with E-state index in [1.54, 1.807) is 24.5 Å². The van der Waals surface area contributed by atoms with Crippen LogP contribution in [0.1, 0.15) is 17.5 Å². The minimum absolute atomic E-state index is 0.110. The lowest BCUT2D eigenvalue weighted by atomic mass is 10.0. The molecule has 1 aromatic heterocycles. The molecule has 6 heteroatoms. The van der Waals surface area contributed by atoms with Crippen LogP contribution in [0.25, 0.3) is 6.08 Å². The van der Waals surface area contributed by atoms with E-state index in [1.807, 2.05) is 0 Å². The first-order valence-corrected chi connectivity index (χ1v) is 7.56. The molecule has 0 N–H and O–H groups in total. The molecule has 1 aromatic carbocycles. The van der Waals surface area contributed by atoms with Crippen molar-refractivity contribution in [2.75, 3.05) is 7.11 Å². The Morgan fingerprint density at radius 2 is 1.96 bits per heavy atom. The molecule has 24 heavy (non-hydrogen) atoms. The number of halogens is 2. The Balaban J connectivity index is 2.22. The van der Waals surface area contributed by atoms with Crippen LogP contribution < -0.4 is 0 Å². The third kappa shape index (κ3) is 4.73. The van der Waals surface area contributed by atoms with Gasteiger partial charge in [0.15, 0.2) is 5.78 Å². The number of aromatic nitrogens is 1. The van der Waals surface area contributed by atoms with Crippen molar-refractivity contribution in [3.63, 3.8) is 0 Å². The molecule has 0 atom stereocenters. The van der Waals surface area contributed by atoms with Gasteiger partial charge in [0, 0.05) is 18.8 Å². The molecule has 2 aromatic rings. The second-order valence-corrected chi connectivity index (χ2v) is 5.40. The summed E-state index contributed by atoms with van der Waals surface area (Å²) in [5.74, 6) is -1.63. The van der Waals surface area contributed by atoms with Gasteiger partial charge in [-0.15, -0.1) is 0 Å². The van der Waals surface area contributed by atoms with E-state index in [0.717, 1.165) is 11.6 Å². The molecule has 0 saturated carbocycles. The standard InChI is InChI=1S/C18H15ClFNO3/c1-24-18(23)15(10-13-3-4-14(20)11-16(13)19)17(22)5-2-12-6-8-21-9-7-12/h3-4,6-11H,2,5H2,1H3/b15-10-. The zero-order valence-electron chi connectivity index (χ0n) is 13.0. The molecule has 0 unspecified atom stereocenters.